The first-order valence-electron chi connectivity index (χ1n) is 3.14. The molecule has 1 heterocycles. The Bertz CT molecular complexity index is 223. The van der Waals surface area contributed by atoms with Crippen molar-refractivity contribution in [2.45, 2.75) is 13.0 Å². The standard InChI is InChI=1S/C7H9BrN2/c1-5(9)6-2-3-10-7(8)4-6/h2-5H,9H2,1H3/p+1/t5-/m0/s1. The number of hydrogen-bond donors (Lipinski definition) is 1. The van der Waals surface area contributed by atoms with Crippen molar-refractivity contribution in [1.82, 2.24) is 4.98 Å². The van der Waals surface area contributed by atoms with Gasteiger partial charge in [0.25, 0.3) is 0 Å². The van der Waals surface area contributed by atoms with E-state index in [2.05, 4.69) is 33.6 Å². The molecule has 0 aliphatic heterocycles. The van der Waals surface area contributed by atoms with Gasteiger partial charge in [0.2, 0.25) is 0 Å². The van der Waals surface area contributed by atoms with Gasteiger partial charge < -0.3 is 5.73 Å². The second kappa shape index (κ2) is 3.12. The smallest absolute Gasteiger partial charge is 0.107 e. The van der Waals surface area contributed by atoms with E-state index in [0.717, 1.165) is 4.60 Å². The molecule has 0 aliphatic rings. The third-order valence-electron chi connectivity index (χ3n) is 1.32. The monoisotopic (exact) mass is 201 g/mol. The first-order valence-corrected chi connectivity index (χ1v) is 3.94. The molecule has 0 unspecified atom stereocenters. The van der Waals surface area contributed by atoms with E-state index in [1.54, 1.807) is 6.20 Å². The lowest BCUT2D eigenvalue weighted by Gasteiger charge is -2.00. The summed E-state index contributed by atoms with van der Waals surface area (Å²) in [4.78, 5) is 4.01. The molecule has 1 aromatic rings. The van der Waals surface area contributed by atoms with Crippen molar-refractivity contribution in [3.05, 3.63) is 28.5 Å². The molecule has 0 radical (unpaired) electrons. The van der Waals surface area contributed by atoms with Gasteiger partial charge in [0.05, 0.1) is 0 Å². The summed E-state index contributed by atoms with van der Waals surface area (Å²) in [5, 5.41) is 0. The van der Waals surface area contributed by atoms with Gasteiger partial charge in [-0.2, -0.15) is 0 Å². The normalized spacial score (nSPS) is 13.1. The Morgan fingerprint density at radius 3 is 2.80 bits per heavy atom. The third-order valence-corrected chi connectivity index (χ3v) is 1.75. The number of halogens is 1. The highest BCUT2D eigenvalue weighted by Gasteiger charge is 2.01. The SMILES string of the molecule is C[C@H]([NH3+])c1ccnc(Br)c1. The van der Waals surface area contributed by atoms with Crippen LogP contribution in [0.15, 0.2) is 22.9 Å². The van der Waals surface area contributed by atoms with Crippen LogP contribution in [0.2, 0.25) is 0 Å². The van der Waals surface area contributed by atoms with Crippen LogP contribution < -0.4 is 5.73 Å². The van der Waals surface area contributed by atoms with Gasteiger partial charge in [-0.3, -0.25) is 0 Å². The van der Waals surface area contributed by atoms with Crippen LogP contribution in [0.5, 0.6) is 0 Å². The molecule has 0 saturated heterocycles. The van der Waals surface area contributed by atoms with Crippen molar-refractivity contribution in [2.75, 3.05) is 0 Å². The summed E-state index contributed by atoms with van der Waals surface area (Å²) < 4.78 is 0.875. The fourth-order valence-corrected chi connectivity index (χ4v) is 1.11. The maximum atomic E-state index is 4.01. The van der Waals surface area contributed by atoms with Gasteiger partial charge in [-0.05, 0) is 35.0 Å². The molecule has 10 heavy (non-hydrogen) atoms. The highest BCUT2D eigenvalue weighted by Crippen LogP contribution is 2.11. The first-order chi connectivity index (χ1) is 4.70. The molecule has 2 nitrogen and oxygen atoms in total. The van der Waals surface area contributed by atoms with Crippen molar-refractivity contribution >= 4 is 15.9 Å². The lowest BCUT2D eigenvalue weighted by Crippen LogP contribution is -2.51. The predicted molar refractivity (Wildman–Crippen MR) is 43.2 cm³/mol. The maximum absolute atomic E-state index is 4.01. The average Bonchev–Trinajstić information content (AvgIpc) is 1.88. The van der Waals surface area contributed by atoms with Gasteiger partial charge in [0, 0.05) is 11.8 Å². The average molecular weight is 202 g/mol. The lowest BCUT2D eigenvalue weighted by atomic mass is 10.1. The Balaban J connectivity index is 2.96. The molecule has 0 aromatic carbocycles. The number of pyridine rings is 1. The molecule has 3 heteroatoms. The largest absolute Gasteiger partial charge is 0.352 e. The fraction of sp³-hybridized carbons (Fsp3) is 0.286. The first kappa shape index (κ1) is 7.69. The van der Waals surface area contributed by atoms with Crippen molar-refractivity contribution in [2.24, 2.45) is 0 Å². The minimum Gasteiger partial charge on any atom is -0.352 e. The molecular weight excluding hydrogens is 192 g/mol. The van der Waals surface area contributed by atoms with Gasteiger partial charge in [-0.1, -0.05) is 0 Å². The van der Waals surface area contributed by atoms with Crippen LogP contribution in [0.3, 0.4) is 0 Å². The van der Waals surface area contributed by atoms with E-state index in [4.69, 9.17) is 0 Å². The Labute approximate surface area is 68.6 Å². The van der Waals surface area contributed by atoms with Crippen molar-refractivity contribution in [3.8, 4) is 0 Å². The van der Waals surface area contributed by atoms with Gasteiger partial charge >= 0.3 is 0 Å². The molecule has 3 N–H and O–H groups in total. The van der Waals surface area contributed by atoms with E-state index in [-0.39, 0.29) is 0 Å². The highest BCUT2D eigenvalue weighted by molar-refractivity contribution is 9.10. The summed E-state index contributed by atoms with van der Waals surface area (Å²) in [5.74, 6) is 0. The summed E-state index contributed by atoms with van der Waals surface area (Å²) in [6.45, 7) is 2.06. The summed E-state index contributed by atoms with van der Waals surface area (Å²) in [5.41, 5.74) is 5.11. The topological polar surface area (TPSA) is 40.5 Å². The van der Waals surface area contributed by atoms with Crippen LogP contribution in [0, 0.1) is 0 Å². The fourth-order valence-electron chi connectivity index (χ4n) is 0.724. The zero-order chi connectivity index (χ0) is 7.56. The van der Waals surface area contributed by atoms with E-state index in [1.807, 2.05) is 12.1 Å². The minimum atomic E-state index is 0.333. The zero-order valence-electron chi connectivity index (χ0n) is 5.84. The third kappa shape index (κ3) is 1.78. The predicted octanol–water partition coefficient (Wildman–Crippen LogP) is 1.15. The Hall–Kier alpha value is -0.410. The molecule has 54 valence electrons. The van der Waals surface area contributed by atoms with E-state index in [1.165, 1.54) is 5.56 Å². The van der Waals surface area contributed by atoms with E-state index < -0.39 is 0 Å². The van der Waals surface area contributed by atoms with Crippen LogP contribution in [-0.2, 0) is 0 Å². The molecule has 0 amide bonds. The second-order valence-electron chi connectivity index (χ2n) is 2.31. The van der Waals surface area contributed by atoms with Gasteiger partial charge in [-0.15, -0.1) is 0 Å². The van der Waals surface area contributed by atoms with Crippen LogP contribution in [0.25, 0.3) is 0 Å². The molecule has 1 rings (SSSR count). The zero-order valence-corrected chi connectivity index (χ0v) is 7.43. The van der Waals surface area contributed by atoms with Gasteiger partial charge in [0.1, 0.15) is 10.6 Å². The summed E-state index contributed by atoms with van der Waals surface area (Å²) in [6, 6.07) is 4.29. The maximum Gasteiger partial charge on any atom is 0.107 e. The quantitative estimate of drug-likeness (QED) is 0.681. The van der Waals surface area contributed by atoms with Crippen molar-refractivity contribution in [3.63, 3.8) is 0 Å². The van der Waals surface area contributed by atoms with Crippen LogP contribution in [-0.4, -0.2) is 4.98 Å². The number of nitrogens with zero attached hydrogens (tertiary/aromatic N) is 1. The molecule has 0 saturated carbocycles. The summed E-state index contributed by atoms with van der Waals surface area (Å²) in [6.07, 6.45) is 1.78. The minimum absolute atomic E-state index is 0.333. The van der Waals surface area contributed by atoms with E-state index >= 15 is 0 Å². The Kier molecular flexibility index (Phi) is 2.40. The molecule has 0 fully saturated rings. The van der Waals surface area contributed by atoms with Crippen LogP contribution in [0.1, 0.15) is 18.5 Å². The van der Waals surface area contributed by atoms with Gasteiger partial charge in [-0.25, -0.2) is 4.98 Å². The molecule has 1 atom stereocenters. The molecule has 1 aromatic heterocycles. The highest BCUT2D eigenvalue weighted by atomic mass is 79.9. The Morgan fingerprint density at radius 2 is 2.40 bits per heavy atom. The molecule has 0 spiro atoms. The molecular formula is C7H10BrN2+. The molecule has 0 aliphatic carbocycles. The number of aromatic nitrogens is 1. The van der Waals surface area contributed by atoms with Crippen LogP contribution >= 0.6 is 15.9 Å². The van der Waals surface area contributed by atoms with Gasteiger partial charge in [0.15, 0.2) is 0 Å². The summed E-state index contributed by atoms with van der Waals surface area (Å²) in [7, 11) is 0. The number of quaternary nitrogens is 1. The van der Waals surface area contributed by atoms with Crippen molar-refractivity contribution in [1.29, 1.82) is 0 Å². The number of rotatable bonds is 1. The van der Waals surface area contributed by atoms with Crippen molar-refractivity contribution < 1.29 is 5.73 Å². The van der Waals surface area contributed by atoms with Crippen LogP contribution in [0.4, 0.5) is 0 Å². The second-order valence-corrected chi connectivity index (χ2v) is 3.13. The Morgan fingerprint density at radius 1 is 1.70 bits per heavy atom. The lowest BCUT2D eigenvalue weighted by molar-refractivity contribution is -0.420. The number of hydrogen-bond acceptors (Lipinski definition) is 1. The van der Waals surface area contributed by atoms with E-state index in [0.29, 0.717) is 6.04 Å². The summed E-state index contributed by atoms with van der Waals surface area (Å²) >= 11 is 3.29. The van der Waals surface area contributed by atoms with E-state index in [9.17, 15) is 0 Å². The molecule has 0 bridgehead atoms.